The van der Waals surface area contributed by atoms with E-state index in [0.717, 1.165) is 31.1 Å². The van der Waals surface area contributed by atoms with Crippen LogP contribution in [0.25, 0.3) is 0 Å². The molecule has 1 heterocycles. The van der Waals surface area contributed by atoms with E-state index in [-0.39, 0.29) is 24.2 Å². The van der Waals surface area contributed by atoms with E-state index >= 15 is 0 Å². The molecule has 0 aliphatic carbocycles. The molecular weight excluding hydrogens is 306 g/mol. The van der Waals surface area contributed by atoms with Crippen LogP contribution in [0, 0.1) is 5.92 Å². The summed E-state index contributed by atoms with van der Waals surface area (Å²) in [6, 6.07) is 7.33. The van der Waals surface area contributed by atoms with Crippen LogP contribution in [0.4, 0.5) is 5.69 Å². The van der Waals surface area contributed by atoms with Crippen molar-refractivity contribution in [2.24, 2.45) is 5.92 Å². The van der Waals surface area contributed by atoms with Crippen LogP contribution >= 0.6 is 0 Å². The zero-order valence-electron chi connectivity index (χ0n) is 14.7. The Hall–Kier alpha value is -2.08. The monoisotopic (exact) mass is 333 g/mol. The first-order valence-corrected chi connectivity index (χ1v) is 8.53. The molecule has 1 aliphatic rings. The molecule has 0 bridgehead atoms. The highest BCUT2D eigenvalue weighted by molar-refractivity contribution is 6.00. The van der Waals surface area contributed by atoms with Gasteiger partial charge in [0.2, 0.25) is 11.8 Å². The van der Waals surface area contributed by atoms with E-state index in [2.05, 4.69) is 24.1 Å². The van der Waals surface area contributed by atoms with E-state index in [1.165, 1.54) is 0 Å². The van der Waals surface area contributed by atoms with Gasteiger partial charge in [0.15, 0.2) is 0 Å². The maximum atomic E-state index is 12.3. The summed E-state index contributed by atoms with van der Waals surface area (Å²) in [7, 11) is 1.61. The molecule has 0 aromatic heterocycles. The van der Waals surface area contributed by atoms with Gasteiger partial charge in [-0.1, -0.05) is 13.8 Å². The van der Waals surface area contributed by atoms with Crippen LogP contribution < -0.4 is 15.0 Å². The highest BCUT2D eigenvalue weighted by atomic mass is 16.5. The SMILES string of the molecule is CCN(CC)CCNC(=O)C1CC(=O)N(c2ccc(OC)cc2)C1. The van der Waals surface area contributed by atoms with Crippen LogP contribution in [-0.4, -0.2) is 56.5 Å². The minimum atomic E-state index is -0.281. The molecular formula is C18H27N3O3. The van der Waals surface area contributed by atoms with Crippen molar-refractivity contribution in [3.8, 4) is 5.75 Å². The molecule has 1 N–H and O–H groups in total. The van der Waals surface area contributed by atoms with Gasteiger partial charge in [-0.2, -0.15) is 0 Å². The topological polar surface area (TPSA) is 61.9 Å². The minimum absolute atomic E-state index is 0.0101. The van der Waals surface area contributed by atoms with E-state index in [9.17, 15) is 9.59 Å². The molecule has 6 nitrogen and oxygen atoms in total. The van der Waals surface area contributed by atoms with Crippen molar-refractivity contribution in [1.29, 1.82) is 0 Å². The number of benzene rings is 1. The third kappa shape index (κ3) is 4.47. The maximum Gasteiger partial charge on any atom is 0.227 e. The van der Waals surface area contributed by atoms with Crippen LogP contribution in [-0.2, 0) is 9.59 Å². The second kappa shape index (κ2) is 8.68. The number of amides is 2. The van der Waals surface area contributed by atoms with Crippen molar-refractivity contribution in [2.75, 3.05) is 44.7 Å². The number of methoxy groups -OCH3 is 1. The zero-order valence-corrected chi connectivity index (χ0v) is 14.7. The normalized spacial score (nSPS) is 17.4. The molecule has 132 valence electrons. The second-order valence-corrected chi connectivity index (χ2v) is 5.92. The van der Waals surface area contributed by atoms with Gasteiger partial charge in [-0.3, -0.25) is 9.59 Å². The van der Waals surface area contributed by atoms with Gasteiger partial charge in [0.1, 0.15) is 5.75 Å². The van der Waals surface area contributed by atoms with Crippen LogP contribution in [0.15, 0.2) is 24.3 Å². The summed E-state index contributed by atoms with van der Waals surface area (Å²) in [5.41, 5.74) is 0.805. The molecule has 1 unspecified atom stereocenters. The van der Waals surface area contributed by atoms with E-state index < -0.39 is 0 Å². The van der Waals surface area contributed by atoms with Gasteiger partial charge in [-0.05, 0) is 37.4 Å². The number of hydrogen-bond acceptors (Lipinski definition) is 4. The Balaban J connectivity index is 1.87. The van der Waals surface area contributed by atoms with E-state index in [0.29, 0.717) is 13.1 Å². The third-order valence-electron chi connectivity index (χ3n) is 4.50. The highest BCUT2D eigenvalue weighted by Gasteiger charge is 2.34. The summed E-state index contributed by atoms with van der Waals surface area (Å²) in [6.45, 7) is 8.04. The number of nitrogens with zero attached hydrogens (tertiary/aromatic N) is 2. The molecule has 1 fully saturated rings. The first-order valence-electron chi connectivity index (χ1n) is 8.53. The Kier molecular flexibility index (Phi) is 6.61. The molecule has 2 rings (SSSR count). The molecule has 1 atom stereocenters. The molecule has 1 aromatic rings. The lowest BCUT2D eigenvalue weighted by Crippen LogP contribution is -2.38. The quantitative estimate of drug-likeness (QED) is 0.783. The second-order valence-electron chi connectivity index (χ2n) is 5.92. The van der Waals surface area contributed by atoms with Gasteiger partial charge < -0.3 is 19.9 Å². The number of nitrogens with one attached hydrogen (secondary N) is 1. The van der Waals surface area contributed by atoms with Crippen molar-refractivity contribution in [3.63, 3.8) is 0 Å². The lowest BCUT2D eigenvalue weighted by atomic mass is 10.1. The molecule has 2 amide bonds. The van der Waals surface area contributed by atoms with Gasteiger partial charge in [-0.15, -0.1) is 0 Å². The van der Waals surface area contributed by atoms with Crippen LogP contribution in [0.3, 0.4) is 0 Å². The van der Waals surface area contributed by atoms with Gasteiger partial charge >= 0.3 is 0 Å². The van der Waals surface area contributed by atoms with Gasteiger partial charge in [0.05, 0.1) is 13.0 Å². The lowest BCUT2D eigenvalue weighted by Gasteiger charge is -2.19. The maximum absolute atomic E-state index is 12.3. The number of rotatable bonds is 8. The number of anilines is 1. The molecule has 0 radical (unpaired) electrons. The highest BCUT2D eigenvalue weighted by Crippen LogP contribution is 2.26. The van der Waals surface area contributed by atoms with Gasteiger partial charge in [-0.25, -0.2) is 0 Å². The summed E-state index contributed by atoms with van der Waals surface area (Å²) in [6.07, 6.45) is 0.267. The van der Waals surface area contributed by atoms with E-state index in [1.54, 1.807) is 12.0 Å². The Morgan fingerprint density at radius 3 is 2.54 bits per heavy atom. The fourth-order valence-corrected chi connectivity index (χ4v) is 2.92. The van der Waals surface area contributed by atoms with Crippen molar-refractivity contribution < 1.29 is 14.3 Å². The summed E-state index contributed by atoms with van der Waals surface area (Å²) < 4.78 is 5.13. The average molecular weight is 333 g/mol. The molecule has 0 spiro atoms. The minimum Gasteiger partial charge on any atom is -0.497 e. The lowest BCUT2D eigenvalue weighted by molar-refractivity contribution is -0.126. The average Bonchev–Trinajstić information content (AvgIpc) is 3.00. The third-order valence-corrected chi connectivity index (χ3v) is 4.50. The van der Waals surface area contributed by atoms with Crippen LogP contribution in [0.2, 0.25) is 0 Å². The van der Waals surface area contributed by atoms with Crippen molar-refractivity contribution >= 4 is 17.5 Å². The molecule has 24 heavy (non-hydrogen) atoms. The predicted molar refractivity (Wildman–Crippen MR) is 94.3 cm³/mol. The number of carbonyl (C=O) groups excluding carboxylic acids is 2. The van der Waals surface area contributed by atoms with Gasteiger partial charge in [0.25, 0.3) is 0 Å². The Labute approximate surface area is 143 Å². The molecule has 6 heteroatoms. The fraction of sp³-hybridized carbons (Fsp3) is 0.556. The smallest absolute Gasteiger partial charge is 0.227 e. The standard InChI is InChI=1S/C18H27N3O3/c1-4-20(5-2)11-10-19-18(23)14-12-17(22)21(13-14)15-6-8-16(24-3)9-7-15/h6-9,14H,4-5,10-13H2,1-3H3,(H,19,23). The molecule has 0 saturated carbocycles. The fourth-order valence-electron chi connectivity index (χ4n) is 2.92. The molecule has 1 aliphatic heterocycles. The Morgan fingerprint density at radius 2 is 1.96 bits per heavy atom. The zero-order chi connectivity index (χ0) is 17.5. The van der Waals surface area contributed by atoms with E-state index in [4.69, 9.17) is 4.74 Å². The van der Waals surface area contributed by atoms with Crippen LogP contribution in [0.1, 0.15) is 20.3 Å². The molecule has 1 aromatic carbocycles. The first kappa shape index (κ1) is 18.3. The van der Waals surface area contributed by atoms with Gasteiger partial charge in [0, 0.05) is 31.7 Å². The molecule has 1 saturated heterocycles. The summed E-state index contributed by atoms with van der Waals surface area (Å²) in [4.78, 5) is 28.5. The largest absolute Gasteiger partial charge is 0.497 e. The Bertz CT molecular complexity index is 555. The number of ether oxygens (including phenoxy) is 1. The first-order chi connectivity index (χ1) is 11.6. The van der Waals surface area contributed by atoms with Crippen molar-refractivity contribution in [3.05, 3.63) is 24.3 Å². The summed E-state index contributed by atoms with van der Waals surface area (Å²) in [5, 5.41) is 2.96. The predicted octanol–water partition coefficient (Wildman–Crippen LogP) is 1.51. The van der Waals surface area contributed by atoms with Crippen molar-refractivity contribution in [1.82, 2.24) is 10.2 Å². The van der Waals surface area contributed by atoms with E-state index in [1.807, 2.05) is 24.3 Å². The number of hydrogen-bond donors (Lipinski definition) is 1. The Morgan fingerprint density at radius 1 is 1.29 bits per heavy atom. The van der Waals surface area contributed by atoms with Crippen molar-refractivity contribution in [2.45, 2.75) is 20.3 Å². The number of likely N-dealkylation sites (N-methyl/N-ethyl adjacent to an activating group) is 1. The number of carbonyl (C=O) groups is 2. The summed E-state index contributed by atoms with van der Waals surface area (Å²) in [5.74, 6) is 0.419. The summed E-state index contributed by atoms with van der Waals surface area (Å²) >= 11 is 0. The van der Waals surface area contributed by atoms with Crippen LogP contribution in [0.5, 0.6) is 5.75 Å².